The second-order valence-corrected chi connectivity index (χ2v) is 1.65. The molecule has 3 heteroatoms. The Morgan fingerprint density at radius 3 is 2.62 bits per heavy atom. The minimum atomic E-state index is 0.944. The summed E-state index contributed by atoms with van der Waals surface area (Å²) in [5, 5.41) is 3.58. The van der Waals surface area contributed by atoms with Crippen LogP contribution in [0.2, 0.25) is 0 Å². The average Bonchev–Trinajstić information content (AvgIpc) is 1.77. The van der Waals surface area contributed by atoms with Crippen LogP contribution < -0.4 is 5.43 Å². The van der Waals surface area contributed by atoms with Gasteiger partial charge in [0.05, 0.1) is 11.4 Å². The second kappa shape index (κ2) is 1.80. The number of aliphatic imine (C=N–C) groups is 1. The number of allylic oxidation sites excluding steroid dienone is 2. The van der Waals surface area contributed by atoms with Crippen molar-refractivity contribution in [2.75, 3.05) is 0 Å². The highest BCUT2D eigenvalue weighted by Gasteiger charge is 1.93. The third kappa shape index (κ3) is 0.768. The Balaban J connectivity index is 2.93. The van der Waals surface area contributed by atoms with Crippen molar-refractivity contribution in [2.24, 2.45) is 10.1 Å². The third-order valence-electron chi connectivity index (χ3n) is 1.03. The summed E-state index contributed by atoms with van der Waals surface area (Å²) >= 11 is 0. The molecule has 1 rings (SSSR count). The van der Waals surface area contributed by atoms with Gasteiger partial charge >= 0.3 is 0 Å². The predicted octanol–water partition coefficient (Wildman–Crippen LogP) is 0.930. The van der Waals surface area contributed by atoms with E-state index in [1.165, 1.54) is 0 Å². The molecule has 0 fully saturated rings. The first-order valence-electron chi connectivity index (χ1n) is 2.39. The van der Waals surface area contributed by atoms with Gasteiger partial charge in [0.15, 0.2) is 0 Å². The van der Waals surface area contributed by atoms with Crippen molar-refractivity contribution in [3.05, 3.63) is 11.4 Å². The van der Waals surface area contributed by atoms with E-state index in [4.69, 9.17) is 0 Å². The number of nitrogens with one attached hydrogen (secondary N) is 1. The van der Waals surface area contributed by atoms with Gasteiger partial charge in [-0.2, -0.15) is 4.99 Å². The van der Waals surface area contributed by atoms with E-state index in [9.17, 15) is 0 Å². The van der Waals surface area contributed by atoms with Crippen LogP contribution in [0.15, 0.2) is 21.5 Å². The van der Waals surface area contributed by atoms with E-state index in [2.05, 4.69) is 21.5 Å². The van der Waals surface area contributed by atoms with Gasteiger partial charge in [-0.05, 0) is 13.8 Å². The molecule has 1 aliphatic heterocycles. The molecule has 1 heterocycles. The van der Waals surface area contributed by atoms with Gasteiger partial charge in [-0.15, -0.1) is 5.10 Å². The van der Waals surface area contributed by atoms with Crippen molar-refractivity contribution in [3.63, 3.8) is 0 Å². The Hall–Kier alpha value is -1.08. The Morgan fingerprint density at radius 1 is 1.50 bits per heavy atom. The molecule has 42 valence electrons. The maximum Gasteiger partial charge on any atom is 0.120 e. The van der Waals surface area contributed by atoms with E-state index < -0.39 is 0 Å². The lowest BCUT2D eigenvalue weighted by atomic mass is 10.4. The highest BCUT2D eigenvalue weighted by molar-refractivity contribution is 5.45. The standard InChI is InChI=1S/C5H7N3/c1-4-5(2)8-7-3-6-4/h8H,1-2H3. The van der Waals surface area contributed by atoms with Crippen molar-refractivity contribution in [1.82, 2.24) is 5.43 Å². The van der Waals surface area contributed by atoms with E-state index >= 15 is 0 Å². The van der Waals surface area contributed by atoms with Crippen LogP contribution in [0.1, 0.15) is 13.8 Å². The van der Waals surface area contributed by atoms with Gasteiger partial charge in [-0.25, -0.2) is 0 Å². The number of hydrazone groups is 1. The molecule has 8 heavy (non-hydrogen) atoms. The summed E-state index contributed by atoms with van der Waals surface area (Å²) in [6.07, 6.45) is 0. The molecular formula is C5H7N3. The van der Waals surface area contributed by atoms with Gasteiger partial charge in [0.2, 0.25) is 0 Å². The molecule has 0 atom stereocenters. The maximum absolute atomic E-state index is 3.81. The van der Waals surface area contributed by atoms with Crippen molar-refractivity contribution >= 4 is 6.01 Å². The minimum absolute atomic E-state index is 0.944. The van der Waals surface area contributed by atoms with Gasteiger partial charge in [-0.1, -0.05) is 0 Å². The molecule has 0 saturated carbocycles. The maximum atomic E-state index is 3.81. The quantitative estimate of drug-likeness (QED) is 0.493. The Kier molecular flexibility index (Phi) is 1.14. The molecule has 1 aliphatic rings. The molecule has 0 aromatic carbocycles. The van der Waals surface area contributed by atoms with Gasteiger partial charge in [0, 0.05) is 0 Å². The molecule has 0 radical (unpaired) electrons. The van der Waals surface area contributed by atoms with E-state index in [0.29, 0.717) is 0 Å². The molecule has 0 spiro atoms. The molecule has 0 aliphatic carbocycles. The van der Waals surface area contributed by atoms with Crippen LogP contribution in [0.4, 0.5) is 0 Å². The van der Waals surface area contributed by atoms with Gasteiger partial charge < -0.3 is 0 Å². The lowest BCUT2D eigenvalue weighted by Crippen LogP contribution is -2.05. The highest BCUT2D eigenvalue weighted by Crippen LogP contribution is 2.01. The fourth-order valence-electron chi connectivity index (χ4n) is 0.374. The molecule has 0 aromatic rings. The summed E-state index contributed by atoms with van der Waals surface area (Å²) in [5.74, 6) is 0. The summed E-state index contributed by atoms with van der Waals surface area (Å²) in [7, 11) is 0. The fraction of sp³-hybridized carbons (Fsp3) is 0.400. The first-order valence-corrected chi connectivity index (χ1v) is 2.39. The summed E-state index contributed by atoms with van der Waals surface area (Å²) in [6, 6.07) is 2.45. The molecular weight excluding hydrogens is 102 g/mol. The normalized spacial score (nSPS) is 16.8. The van der Waals surface area contributed by atoms with E-state index in [0.717, 1.165) is 11.4 Å². The largest absolute Gasteiger partial charge is 0.271 e. The molecule has 0 saturated heterocycles. The fourth-order valence-corrected chi connectivity index (χ4v) is 0.374. The van der Waals surface area contributed by atoms with Crippen LogP contribution in [0.5, 0.6) is 0 Å². The average molecular weight is 109 g/mol. The summed E-state index contributed by atoms with van der Waals surface area (Å²) in [5.41, 5.74) is 4.67. The van der Waals surface area contributed by atoms with Crippen molar-refractivity contribution < 1.29 is 0 Å². The Bertz CT molecular complexity index is 184. The van der Waals surface area contributed by atoms with Crippen LogP contribution in [-0.2, 0) is 0 Å². The summed E-state index contributed by atoms with van der Waals surface area (Å²) in [4.78, 5) is 3.81. The monoisotopic (exact) mass is 109 g/mol. The number of rotatable bonds is 0. The van der Waals surface area contributed by atoms with Crippen LogP contribution in [0.25, 0.3) is 0 Å². The summed E-state index contributed by atoms with van der Waals surface area (Å²) in [6.45, 7) is 3.83. The summed E-state index contributed by atoms with van der Waals surface area (Å²) < 4.78 is 0. The van der Waals surface area contributed by atoms with E-state index in [1.807, 2.05) is 13.8 Å². The highest BCUT2D eigenvalue weighted by atomic mass is 15.3. The zero-order chi connectivity index (χ0) is 5.98. The van der Waals surface area contributed by atoms with E-state index in [-0.39, 0.29) is 0 Å². The Labute approximate surface area is 47.8 Å². The van der Waals surface area contributed by atoms with Gasteiger partial charge in [0.25, 0.3) is 0 Å². The number of hydrogen-bond acceptors (Lipinski definition) is 3. The molecule has 0 amide bonds. The Morgan fingerprint density at radius 2 is 2.25 bits per heavy atom. The van der Waals surface area contributed by atoms with Crippen LogP contribution in [0, 0.1) is 0 Å². The van der Waals surface area contributed by atoms with Crippen LogP contribution in [0.3, 0.4) is 0 Å². The smallest absolute Gasteiger partial charge is 0.120 e. The number of nitrogens with zero attached hydrogens (tertiary/aromatic N) is 2. The van der Waals surface area contributed by atoms with Crippen molar-refractivity contribution in [1.29, 1.82) is 0 Å². The lowest BCUT2D eigenvalue weighted by Gasteiger charge is -2.01. The first-order chi connectivity index (χ1) is 3.80. The van der Waals surface area contributed by atoms with Gasteiger partial charge in [0.1, 0.15) is 6.01 Å². The van der Waals surface area contributed by atoms with Gasteiger partial charge in [-0.3, -0.25) is 5.43 Å². The van der Waals surface area contributed by atoms with Crippen LogP contribution >= 0.6 is 0 Å². The third-order valence-corrected chi connectivity index (χ3v) is 1.03. The number of hydrogen-bond donors (Lipinski definition) is 1. The molecule has 0 unspecified atom stereocenters. The van der Waals surface area contributed by atoms with Crippen LogP contribution in [-0.4, -0.2) is 6.01 Å². The molecule has 0 bridgehead atoms. The van der Waals surface area contributed by atoms with Crippen molar-refractivity contribution in [3.8, 4) is 0 Å². The topological polar surface area (TPSA) is 36.8 Å². The molecule has 3 nitrogen and oxygen atoms in total. The van der Waals surface area contributed by atoms with Crippen molar-refractivity contribution in [2.45, 2.75) is 13.8 Å². The molecule has 0 aromatic heterocycles. The molecule has 1 N–H and O–H groups in total. The predicted molar refractivity (Wildman–Crippen MR) is 31.4 cm³/mol. The first kappa shape index (κ1) is 5.06. The SMILES string of the molecule is CC1=C(C)NN=C=N1. The van der Waals surface area contributed by atoms with E-state index in [1.54, 1.807) is 0 Å². The lowest BCUT2D eigenvalue weighted by molar-refractivity contribution is 0.852. The zero-order valence-electron chi connectivity index (χ0n) is 4.89. The second-order valence-electron chi connectivity index (χ2n) is 1.65. The zero-order valence-corrected chi connectivity index (χ0v) is 4.89. The minimum Gasteiger partial charge on any atom is -0.271 e.